The molecule has 1 N–H and O–H groups in total. The quantitative estimate of drug-likeness (QED) is 0.790. The lowest BCUT2D eigenvalue weighted by Crippen LogP contribution is -2.15. The summed E-state index contributed by atoms with van der Waals surface area (Å²) in [5.74, 6) is 0. The summed E-state index contributed by atoms with van der Waals surface area (Å²) in [4.78, 5) is 0. The van der Waals surface area contributed by atoms with Crippen LogP contribution < -0.4 is 5.32 Å². The average Bonchev–Trinajstić information content (AvgIpc) is 2.85. The summed E-state index contributed by atoms with van der Waals surface area (Å²) in [7, 11) is 0. The van der Waals surface area contributed by atoms with Gasteiger partial charge in [0.2, 0.25) is 0 Å². The molecule has 19 heavy (non-hydrogen) atoms. The van der Waals surface area contributed by atoms with Crippen molar-refractivity contribution in [2.45, 2.75) is 33.1 Å². The van der Waals surface area contributed by atoms with E-state index in [4.69, 9.17) is 0 Å². The average molecular weight is 275 g/mol. The molecule has 0 atom stereocenters. The molecular formula is C15H21N3S. The van der Waals surface area contributed by atoms with Crippen molar-refractivity contribution >= 4 is 11.3 Å². The Bertz CT molecular complexity index is 508. The van der Waals surface area contributed by atoms with E-state index in [0.29, 0.717) is 0 Å². The van der Waals surface area contributed by atoms with Gasteiger partial charge in [0, 0.05) is 19.4 Å². The molecule has 0 bridgehead atoms. The SMILES string of the molecule is CCNCCc1nnc(CCc2cccc(C)c2)s1. The largest absolute Gasteiger partial charge is 0.317 e. The highest BCUT2D eigenvalue weighted by atomic mass is 32.1. The Morgan fingerprint density at radius 2 is 1.89 bits per heavy atom. The minimum atomic E-state index is 0.982. The van der Waals surface area contributed by atoms with Crippen molar-refractivity contribution in [1.29, 1.82) is 0 Å². The molecule has 0 radical (unpaired) electrons. The highest BCUT2D eigenvalue weighted by Crippen LogP contribution is 2.14. The number of nitrogens with one attached hydrogen (secondary N) is 1. The third kappa shape index (κ3) is 4.73. The molecule has 0 saturated heterocycles. The maximum atomic E-state index is 4.27. The van der Waals surface area contributed by atoms with Crippen molar-refractivity contribution in [3.05, 3.63) is 45.4 Å². The van der Waals surface area contributed by atoms with Crippen molar-refractivity contribution < 1.29 is 0 Å². The van der Waals surface area contributed by atoms with Crippen LogP contribution in [0.5, 0.6) is 0 Å². The van der Waals surface area contributed by atoms with Gasteiger partial charge in [-0.15, -0.1) is 21.5 Å². The van der Waals surface area contributed by atoms with Crippen LogP contribution in [0.15, 0.2) is 24.3 Å². The van der Waals surface area contributed by atoms with Crippen molar-refractivity contribution in [2.24, 2.45) is 0 Å². The monoisotopic (exact) mass is 275 g/mol. The summed E-state index contributed by atoms with van der Waals surface area (Å²) in [6.07, 6.45) is 3.02. The van der Waals surface area contributed by atoms with Gasteiger partial charge in [-0.25, -0.2) is 0 Å². The zero-order valence-electron chi connectivity index (χ0n) is 11.6. The Morgan fingerprint density at radius 3 is 2.63 bits per heavy atom. The van der Waals surface area contributed by atoms with E-state index >= 15 is 0 Å². The number of benzene rings is 1. The molecule has 0 aliphatic heterocycles. The van der Waals surface area contributed by atoms with Crippen LogP contribution in [0, 0.1) is 6.92 Å². The van der Waals surface area contributed by atoms with Gasteiger partial charge < -0.3 is 5.32 Å². The summed E-state index contributed by atoms with van der Waals surface area (Å²) < 4.78 is 0. The van der Waals surface area contributed by atoms with Gasteiger partial charge in [-0.1, -0.05) is 36.8 Å². The van der Waals surface area contributed by atoms with Gasteiger partial charge in [0.25, 0.3) is 0 Å². The number of likely N-dealkylation sites (N-methyl/N-ethyl adjacent to an activating group) is 1. The first kappa shape index (κ1) is 14.2. The van der Waals surface area contributed by atoms with Gasteiger partial charge in [0.1, 0.15) is 10.0 Å². The van der Waals surface area contributed by atoms with Gasteiger partial charge >= 0.3 is 0 Å². The molecule has 1 heterocycles. The first-order valence-corrected chi connectivity index (χ1v) is 7.67. The standard InChI is InChI=1S/C15H21N3S/c1-3-16-10-9-15-18-17-14(19-15)8-7-13-6-4-5-12(2)11-13/h4-6,11,16H,3,7-10H2,1-2H3. The predicted molar refractivity (Wildman–Crippen MR) is 80.7 cm³/mol. The highest BCUT2D eigenvalue weighted by Gasteiger charge is 2.04. The van der Waals surface area contributed by atoms with Crippen LogP contribution in [0.25, 0.3) is 0 Å². The number of nitrogens with zero attached hydrogens (tertiary/aromatic N) is 2. The lowest BCUT2D eigenvalue weighted by atomic mass is 10.1. The Balaban J connectivity index is 1.83. The molecule has 0 amide bonds. The van der Waals surface area contributed by atoms with Crippen molar-refractivity contribution in [3.63, 3.8) is 0 Å². The predicted octanol–water partition coefficient (Wildman–Crippen LogP) is 2.78. The molecule has 0 unspecified atom stereocenters. The fourth-order valence-corrected chi connectivity index (χ4v) is 2.82. The Morgan fingerprint density at radius 1 is 1.11 bits per heavy atom. The first-order valence-electron chi connectivity index (χ1n) is 6.85. The Kier molecular flexibility index (Phi) is 5.48. The number of rotatable bonds is 7. The maximum absolute atomic E-state index is 4.27. The molecule has 0 aliphatic rings. The molecular weight excluding hydrogens is 254 g/mol. The van der Waals surface area contributed by atoms with E-state index in [-0.39, 0.29) is 0 Å². The van der Waals surface area contributed by atoms with Gasteiger partial charge in [-0.05, 0) is 25.5 Å². The minimum absolute atomic E-state index is 0.982. The van der Waals surface area contributed by atoms with Gasteiger partial charge in [-0.2, -0.15) is 0 Å². The molecule has 102 valence electrons. The third-order valence-corrected chi connectivity index (χ3v) is 4.03. The van der Waals surface area contributed by atoms with E-state index in [1.54, 1.807) is 11.3 Å². The second kappa shape index (κ2) is 7.36. The van der Waals surface area contributed by atoms with Crippen molar-refractivity contribution in [2.75, 3.05) is 13.1 Å². The summed E-state index contributed by atoms with van der Waals surface area (Å²) >= 11 is 1.74. The fourth-order valence-electron chi connectivity index (χ4n) is 1.98. The van der Waals surface area contributed by atoms with Gasteiger partial charge in [0.15, 0.2) is 0 Å². The van der Waals surface area contributed by atoms with Crippen molar-refractivity contribution in [3.8, 4) is 0 Å². The molecule has 3 nitrogen and oxygen atoms in total. The second-order valence-corrected chi connectivity index (χ2v) is 5.83. The molecule has 0 aliphatic carbocycles. The van der Waals surface area contributed by atoms with Gasteiger partial charge in [-0.3, -0.25) is 0 Å². The summed E-state index contributed by atoms with van der Waals surface area (Å²) in [5, 5.41) is 14.1. The molecule has 0 saturated carbocycles. The van der Waals surface area contributed by atoms with E-state index < -0.39 is 0 Å². The summed E-state index contributed by atoms with van der Waals surface area (Å²) in [6, 6.07) is 8.67. The Hall–Kier alpha value is -1.26. The van der Waals surface area contributed by atoms with Crippen LogP contribution >= 0.6 is 11.3 Å². The van der Waals surface area contributed by atoms with E-state index in [0.717, 1.165) is 42.4 Å². The highest BCUT2D eigenvalue weighted by molar-refractivity contribution is 7.11. The van der Waals surface area contributed by atoms with Crippen LogP contribution in [-0.4, -0.2) is 23.3 Å². The van der Waals surface area contributed by atoms with Crippen LogP contribution in [-0.2, 0) is 19.3 Å². The van der Waals surface area contributed by atoms with Crippen LogP contribution in [0.3, 0.4) is 0 Å². The number of hydrogen-bond acceptors (Lipinski definition) is 4. The zero-order valence-corrected chi connectivity index (χ0v) is 12.5. The van der Waals surface area contributed by atoms with E-state index in [1.165, 1.54) is 11.1 Å². The number of aromatic nitrogens is 2. The lowest BCUT2D eigenvalue weighted by molar-refractivity contribution is 0.709. The minimum Gasteiger partial charge on any atom is -0.317 e. The molecule has 0 fully saturated rings. The van der Waals surface area contributed by atoms with Crippen molar-refractivity contribution in [1.82, 2.24) is 15.5 Å². The molecule has 2 aromatic rings. The zero-order chi connectivity index (χ0) is 13.5. The van der Waals surface area contributed by atoms with E-state index in [2.05, 4.69) is 53.6 Å². The molecule has 4 heteroatoms. The Labute approximate surface area is 119 Å². The summed E-state index contributed by atoms with van der Waals surface area (Å²) in [6.45, 7) is 6.25. The first-order chi connectivity index (χ1) is 9.28. The molecule has 1 aromatic heterocycles. The normalized spacial score (nSPS) is 10.8. The van der Waals surface area contributed by atoms with E-state index in [9.17, 15) is 0 Å². The second-order valence-electron chi connectivity index (χ2n) is 4.68. The maximum Gasteiger partial charge on any atom is 0.118 e. The lowest BCUT2D eigenvalue weighted by Gasteiger charge is -2.00. The van der Waals surface area contributed by atoms with E-state index in [1.807, 2.05) is 0 Å². The molecule has 0 spiro atoms. The molecule has 2 rings (SSSR count). The smallest absolute Gasteiger partial charge is 0.118 e. The topological polar surface area (TPSA) is 37.8 Å². The number of aryl methyl sites for hydroxylation is 3. The van der Waals surface area contributed by atoms with Crippen LogP contribution in [0.2, 0.25) is 0 Å². The van der Waals surface area contributed by atoms with Crippen LogP contribution in [0.1, 0.15) is 28.1 Å². The summed E-state index contributed by atoms with van der Waals surface area (Å²) in [5.41, 5.74) is 2.70. The number of hydrogen-bond donors (Lipinski definition) is 1. The third-order valence-electron chi connectivity index (χ3n) is 2.98. The van der Waals surface area contributed by atoms with Crippen LogP contribution in [0.4, 0.5) is 0 Å². The van der Waals surface area contributed by atoms with Gasteiger partial charge in [0.05, 0.1) is 0 Å². The fraction of sp³-hybridized carbons (Fsp3) is 0.467. The molecule has 1 aromatic carbocycles.